The number of hydrogen-bond donors (Lipinski definition) is 1. The van der Waals surface area contributed by atoms with Crippen molar-refractivity contribution in [2.24, 2.45) is 0 Å². The minimum absolute atomic E-state index is 0.119. The third-order valence-corrected chi connectivity index (χ3v) is 5.95. The van der Waals surface area contributed by atoms with Crippen molar-refractivity contribution in [1.82, 2.24) is 15.1 Å². The molecule has 1 N–H and O–H groups in total. The molecule has 1 saturated heterocycles. The fraction of sp³-hybridized carbons (Fsp3) is 0.591. The standard InChI is InChI=1S/C22H31N3O4/c1-16(2)29-15-18-10-6-5-9-17(18)13-23-19(26)14-25-20(27)22(24(3)21(25)28)11-7-4-8-12-22/h5-6,9-10,16H,4,7-8,11-15H2,1-3H3,(H,23,26). The largest absolute Gasteiger partial charge is 0.374 e. The molecule has 1 heterocycles. The zero-order valence-corrected chi connectivity index (χ0v) is 17.6. The van der Waals surface area contributed by atoms with E-state index in [1.807, 2.05) is 38.1 Å². The first kappa shape index (κ1) is 21.3. The molecule has 7 nitrogen and oxygen atoms in total. The Kier molecular flexibility index (Phi) is 6.57. The summed E-state index contributed by atoms with van der Waals surface area (Å²) in [6.45, 7) is 4.51. The van der Waals surface area contributed by atoms with E-state index in [4.69, 9.17) is 4.74 Å². The molecule has 2 aliphatic rings. The number of rotatable bonds is 7. The van der Waals surface area contributed by atoms with Gasteiger partial charge in [0.2, 0.25) is 5.91 Å². The first-order chi connectivity index (χ1) is 13.8. The predicted molar refractivity (Wildman–Crippen MR) is 109 cm³/mol. The van der Waals surface area contributed by atoms with Gasteiger partial charge in [0.05, 0.1) is 12.7 Å². The maximum Gasteiger partial charge on any atom is 0.327 e. The number of hydrogen-bond acceptors (Lipinski definition) is 4. The molecule has 0 aromatic heterocycles. The Hall–Kier alpha value is -2.41. The van der Waals surface area contributed by atoms with Crippen LogP contribution in [0.1, 0.15) is 57.1 Å². The van der Waals surface area contributed by atoms with Crippen molar-refractivity contribution in [3.63, 3.8) is 0 Å². The highest BCUT2D eigenvalue weighted by Crippen LogP contribution is 2.39. The SMILES string of the molecule is CC(C)OCc1ccccc1CNC(=O)CN1C(=O)N(C)C2(CCCCC2)C1=O. The molecule has 0 unspecified atom stereocenters. The fourth-order valence-electron chi connectivity index (χ4n) is 4.19. The van der Waals surface area contributed by atoms with Gasteiger partial charge >= 0.3 is 6.03 Å². The second-order valence-corrected chi connectivity index (χ2v) is 8.23. The molecule has 1 aliphatic heterocycles. The van der Waals surface area contributed by atoms with Gasteiger partial charge in [0.1, 0.15) is 12.1 Å². The summed E-state index contributed by atoms with van der Waals surface area (Å²) in [5.41, 5.74) is 1.22. The number of amides is 4. The maximum atomic E-state index is 13.0. The smallest absolute Gasteiger partial charge is 0.327 e. The van der Waals surface area contributed by atoms with Crippen LogP contribution in [0.4, 0.5) is 4.79 Å². The van der Waals surface area contributed by atoms with Gasteiger partial charge in [-0.3, -0.25) is 14.5 Å². The Balaban J connectivity index is 1.60. The quantitative estimate of drug-likeness (QED) is 0.713. The van der Waals surface area contributed by atoms with Crippen molar-refractivity contribution < 1.29 is 19.1 Å². The molecule has 0 bridgehead atoms. The van der Waals surface area contributed by atoms with E-state index in [0.717, 1.165) is 35.3 Å². The monoisotopic (exact) mass is 401 g/mol. The molecule has 1 aromatic carbocycles. The van der Waals surface area contributed by atoms with Crippen LogP contribution in [0.3, 0.4) is 0 Å². The van der Waals surface area contributed by atoms with Gasteiger partial charge in [-0.2, -0.15) is 0 Å². The molecule has 1 spiro atoms. The average molecular weight is 402 g/mol. The van der Waals surface area contributed by atoms with E-state index in [9.17, 15) is 14.4 Å². The van der Waals surface area contributed by atoms with E-state index in [1.54, 1.807) is 11.9 Å². The van der Waals surface area contributed by atoms with E-state index in [1.165, 1.54) is 0 Å². The van der Waals surface area contributed by atoms with Crippen LogP contribution < -0.4 is 5.32 Å². The molecular formula is C22H31N3O4. The van der Waals surface area contributed by atoms with Crippen LogP contribution in [0.25, 0.3) is 0 Å². The normalized spacial score (nSPS) is 18.8. The van der Waals surface area contributed by atoms with Crippen LogP contribution in [0.2, 0.25) is 0 Å². The zero-order chi connectivity index (χ0) is 21.0. The predicted octanol–water partition coefficient (Wildman–Crippen LogP) is 2.82. The number of likely N-dealkylation sites (N-methyl/N-ethyl adjacent to an activating group) is 1. The van der Waals surface area contributed by atoms with Crippen LogP contribution in [0.5, 0.6) is 0 Å². The Morgan fingerprint density at radius 1 is 1.14 bits per heavy atom. The van der Waals surface area contributed by atoms with E-state index in [2.05, 4.69) is 5.32 Å². The first-order valence-corrected chi connectivity index (χ1v) is 10.4. The van der Waals surface area contributed by atoms with Gasteiger partial charge in [-0.25, -0.2) is 4.79 Å². The van der Waals surface area contributed by atoms with Gasteiger partial charge in [0, 0.05) is 13.6 Å². The molecule has 1 saturated carbocycles. The number of benzene rings is 1. The molecule has 158 valence electrons. The van der Waals surface area contributed by atoms with Crippen molar-refractivity contribution in [3.05, 3.63) is 35.4 Å². The summed E-state index contributed by atoms with van der Waals surface area (Å²) < 4.78 is 5.67. The highest BCUT2D eigenvalue weighted by molar-refractivity contribution is 6.08. The highest BCUT2D eigenvalue weighted by atomic mass is 16.5. The van der Waals surface area contributed by atoms with Gasteiger partial charge in [-0.05, 0) is 37.8 Å². The number of nitrogens with zero attached hydrogens (tertiary/aromatic N) is 2. The summed E-state index contributed by atoms with van der Waals surface area (Å²) in [6, 6.07) is 7.38. The Morgan fingerprint density at radius 3 is 2.45 bits per heavy atom. The van der Waals surface area contributed by atoms with Crippen molar-refractivity contribution in [1.29, 1.82) is 0 Å². The summed E-state index contributed by atoms with van der Waals surface area (Å²) in [7, 11) is 1.68. The summed E-state index contributed by atoms with van der Waals surface area (Å²) in [6.07, 6.45) is 4.41. The van der Waals surface area contributed by atoms with Gasteiger partial charge in [-0.15, -0.1) is 0 Å². The van der Waals surface area contributed by atoms with Crippen molar-refractivity contribution in [3.8, 4) is 0 Å². The number of nitrogens with one attached hydrogen (secondary N) is 1. The van der Waals surface area contributed by atoms with E-state index in [0.29, 0.717) is 26.0 Å². The summed E-state index contributed by atoms with van der Waals surface area (Å²) in [5, 5.41) is 2.84. The van der Waals surface area contributed by atoms with Gasteiger partial charge in [0.25, 0.3) is 5.91 Å². The number of ether oxygens (including phenoxy) is 1. The summed E-state index contributed by atoms with van der Waals surface area (Å²) in [4.78, 5) is 40.8. The lowest BCUT2D eigenvalue weighted by Crippen LogP contribution is -2.49. The average Bonchev–Trinajstić information content (AvgIpc) is 2.88. The van der Waals surface area contributed by atoms with E-state index in [-0.39, 0.29) is 30.5 Å². The van der Waals surface area contributed by atoms with Gasteiger partial charge in [0.15, 0.2) is 0 Å². The maximum absolute atomic E-state index is 13.0. The molecule has 29 heavy (non-hydrogen) atoms. The third-order valence-electron chi connectivity index (χ3n) is 5.95. The minimum atomic E-state index is -0.754. The van der Waals surface area contributed by atoms with Crippen LogP contribution in [0, 0.1) is 0 Å². The Labute approximate surface area is 172 Å². The number of carbonyl (C=O) groups is 3. The van der Waals surface area contributed by atoms with Gasteiger partial charge in [-0.1, -0.05) is 43.5 Å². The number of urea groups is 1. The van der Waals surface area contributed by atoms with Crippen LogP contribution in [0.15, 0.2) is 24.3 Å². The molecule has 3 rings (SSSR count). The number of carbonyl (C=O) groups excluding carboxylic acids is 3. The molecule has 1 aliphatic carbocycles. The lowest BCUT2D eigenvalue weighted by Gasteiger charge is -2.35. The molecule has 0 atom stereocenters. The van der Waals surface area contributed by atoms with Crippen LogP contribution >= 0.6 is 0 Å². The molecular weight excluding hydrogens is 370 g/mol. The van der Waals surface area contributed by atoms with Crippen LogP contribution in [-0.2, 0) is 27.5 Å². The van der Waals surface area contributed by atoms with Crippen molar-refractivity contribution in [2.75, 3.05) is 13.6 Å². The second kappa shape index (κ2) is 8.95. The molecule has 0 radical (unpaired) electrons. The Bertz CT molecular complexity index is 771. The third kappa shape index (κ3) is 4.45. The summed E-state index contributed by atoms with van der Waals surface area (Å²) in [5.74, 6) is -0.571. The second-order valence-electron chi connectivity index (χ2n) is 8.23. The van der Waals surface area contributed by atoms with E-state index < -0.39 is 5.54 Å². The molecule has 4 amide bonds. The molecule has 2 fully saturated rings. The fourth-order valence-corrected chi connectivity index (χ4v) is 4.19. The highest BCUT2D eigenvalue weighted by Gasteiger charge is 2.55. The first-order valence-electron chi connectivity index (χ1n) is 10.4. The Morgan fingerprint density at radius 2 is 1.79 bits per heavy atom. The topological polar surface area (TPSA) is 79.0 Å². The summed E-state index contributed by atoms with van der Waals surface area (Å²) >= 11 is 0. The van der Waals surface area contributed by atoms with Crippen molar-refractivity contribution >= 4 is 17.8 Å². The molecule has 1 aromatic rings. The number of imide groups is 1. The molecule has 7 heteroatoms. The lowest BCUT2D eigenvalue weighted by molar-refractivity contribution is -0.137. The van der Waals surface area contributed by atoms with Gasteiger partial charge < -0.3 is 15.0 Å². The van der Waals surface area contributed by atoms with E-state index >= 15 is 0 Å². The van der Waals surface area contributed by atoms with Crippen LogP contribution in [-0.4, -0.2) is 52.9 Å². The zero-order valence-electron chi connectivity index (χ0n) is 17.6. The van der Waals surface area contributed by atoms with Crippen molar-refractivity contribution in [2.45, 2.75) is 70.7 Å². The lowest BCUT2D eigenvalue weighted by atomic mass is 9.81. The minimum Gasteiger partial charge on any atom is -0.374 e.